The number of anilines is 1. The maximum Gasteiger partial charge on any atom is 0.254 e. The van der Waals surface area contributed by atoms with Crippen molar-refractivity contribution in [1.29, 1.82) is 0 Å². The van der Waals surface area contributed by atoms with E-state index in [1.54, 1.807) is 29.3 Å². The van der Waals surface area contributed by atoms with Gasteiger partial charge in [-0.3, -0.25) is 4.79 Å². The van der Waals surface area contributed by atoms with Crippen LogP contribution in [0.25, 0.3) is 5.65 Å². The van der Waals surface area contributed by atoms with Gasteiger partial charge in [0.15, 0.2) is 5.65 Å². The fourth-order valence-electron chi connectivity index (χ4n) is 3.26. The number of halogens is 2. The Morgan fingerprint density at radius 3 is 2.92 bits per heavy atom. The first kappa shape index (κ1) is 15.5. The number of hydrogen-bond acceptors (Lipinski definition) is 4. The lowest BCUT2D eigenvalue weighted by Gasteiger charge is -2.25. The van der Waals surface area contributed by atoms with Gasteiger partial charge in [0.2, 0.25) is 0 Å². The molecule has 0 bridgehead atoms. The first-order valence-electron chi connectivity index (χ1n) is 7.83. The van der Waals surface area contributed by atoms with E-state index in [-0.39, 0.29) is 30.4 Å². The number of amides is 1. The monoisotopic (exact) mass is 343 g/mol. The number of aromatic nitrogens is 3. The molecule has 1 aliphatic rings. The number of benzene rings is 1. The molecule has 25 heavy (non-hydrogen) atoms. The summed E-state index contributed by atoms with van der Waals surface area (Å²) in [7, 11) is 0. The van der Waals surface area contributed by atoms with E-state index in [1.165, 1.54) is 22.8 Å². The highest BCUT2D eigenvalue weighted by molar-refractivity contribution is 5.98. The highest BCUT2D eigenvalue weighted by Gasteiger charge is 2.34. The lowest BCUT2D eigenvalue weighted by atomic mass is 10.0. The van der Waals surface area contributed by atoms with Crippen molar-refractivity contribution < 1.29 is 13.6 Å². The van der Waals surface area contributed by atoms with Crippen molar-refractivity contribution in [3.63, 3.8) is 0 Å². The Kier molecular flexibility index (Phi) is 3.60. The van der Waals surface area contributed by atoms with Crippen LogP contribution in [0.3, 0.4) is 0 Å². The Balaban J connectivity index is 1.77. The lowest BCUT2D eigenvalue weighted by Crippen LogP contribution is -2.25. The van der Waals surface area contributed by atoms with E-state index in [4.69, 9.17) is 5.73 Å². The van der Waals surface area contributed by atoms with Crippen LogP contribution in [-0.2, 0) is 0 Å². The fourth-order valence-corrected chi connectivity index (χ4v) is 3.26. The van der Waals surface area contributed by atoms with Crippen LogP contribution in [0.2, 0.25) is 0 Å². The molecule has 2 N–H and O–H groups in total. The lowest BCUT2D eigenvalue weighted by molar-refractivity contribution is 0.100. The van der Waals surface area contributed by atoms with Gasteiger partial charge in [-0.25, -0.2) is 18.3 Å². The molecule has 0 radical (unpaired) electrons. The van der Waals surface area contributed by atoms with E-state index in [1.807, 2.05) is 0 Å². The molecule has 1 aromatic carbocycles. The van der Waals surface area contributed by atoms with Crippen molar-refractivity contribution in [2.75, 3.05) is 11.4 Å². The van der Waals surface area contributed by atoms with E-state index in [2.05, 4.69) is 10.1 Å². The maximum absolute atomic E-state index is 14.1. The van der Waals surface area contributed by atoms with E-state index in [0.29, 0.717) is 17.0 Å². The number of carbonyl (C=O) groups is 1. The summed E-state index contributed by atoms with van der Waals surface area (Å²) in [6.07, 6.45) is 2.18. The van der Waals surface area contributed by atoms with Gasteiger partial charge < -0.3 is 10.6 Å². The SMILES string of the molecule is NC(=O)c1cnn2ccc(N3C[C@@H](F)C[C@@H]3c3cccc(F)c3)nc12. The molecule has 1 saturated heterocycles. The summed E-state index contributed by atoms with van der Waals surface area (Å²) >= 11 is 0. The number of hydrogen-bond donors (Lipinski definition) is 1. The van der Waals surface area contributed by atoms with Crippen molar-refractivity contribution in [2.45, 2.75) is 18.6 Å². The molecule has 0 spiro atoms. The zero-order valence-corrected chi connectivity index (χ0v) is 13.1. The second-order valence-corrected chi connectivity index (χ2v) is 6.03. The molecule has 4 rings (SSSR count). The molecule has 0 unspecified atom stereocenters. The summed E-state index contributed by atoms with van der Waals surface area (Å²) in [5.41, 5.74) is 6.53. The third-order valence-electron chi connectivity index (χ3n) is 4.40. The quantitative estimate of drug-likeness (QED) is 0.791. The van der Waals surface area contributed by atoms with E-state index in [0.717, 1.165) is 0 Å². The zero-order valence-electron chi connectivity index (χ0n) is 13.1. The van der Waals surface area contributed by atoms with Crippen LogP contribution >= 0.6 is 0 Å². The predicted molar refractivity (Wildman–Crippen MR) is 87.5 cm³/mol. The van der Waals surface area contributed by atoms with Crippen LogP contribution in [0, 0.1) is 5.82 Å². The van der Waals surface area contributed by atoms with Gasteiger partial charge in [-0.1, -0.05) is 12.1 Å². The number of fused-ring (bicyclic) bond motifs is 1. The van der Waals surface area contributed by atoms with Gasteiger partial charge in [0.05, 0.1) is 18.8 Å². The molecule has 1 aliphatic heterocycles. The average Bonchev–Trinajstić information content (AvgIpc) is 3.17. The molecule has 2 aromatic heterocycles. The van der Waals surface area contributed by atoms with Crippen molar-refractivity contribution in [2.24, 2.45) is 5.73 Å². The number of nitrogens with two attached hydrogens (primary N) is 1. The normalized spacial score (nSPS) is 20.3. The maximum atomic E-state index is 14.1. The molecule has 1 fully saturated rings. The van der Waals surface area contributed by atoms with Gasteiger partial charge in [-0.15, -0.1) is 0 Å². The molecule has 8 heteroatoms. The largest absolute Gasteiger partial charge is 0.365 e. The smallest absolute Gasteiger partial charge is 0.254 e. The third-order valence-corrected chi connectivity index (χ3v) is 4.40. The van der Waals surface area contributed by atoms with Gasteiger partial charge in [-0.05, 0) is 23.8 Å². The molecular formula is C17H15F2N5O. The van der Waals surface area contributed by atoms with Gasteiger partial charge in [0.1, 0.15) is 23.4 Å². The van der Waals surface area contributed by atoms with Gasteiger partial charge in [-0.2, -0.15) is 5.10 Å². The second-order valence-electron chi connectivity index (χ2n) is 6.03. The first-order valence-corrected chi connectivity index (χ1v) is 7.83. The number of rotatable bonds is 3. The van der Waals surface area contributed by atoms with Crippen LogP contribution in [-0.4, -0.2) is 33.2 Å². The van der Waals surface area contributed by atoms with Gasteiger partial charge in [0, 0.05) is 12.6 Å². The standard InChI is InChI=1S/C17H15F2N5O/c18-11-3-1-2-10(6-11)14-7-12(19)9-23(14)15-4-5-24-17(22-15)13(8-21-24)16(20)25/h1-6,8,12,14H,7,9H2,(H2,20,25)/t12-,14+/m0/s1. The summed E-state index contributed by atoms with van der Waals surface area (Å²) in [6.45, 7) is 0.143. The summed E-state index contributed by atoms with van der Waals surface area (Å²) in [5.74, 6) is -0.508. The topological polar surface area (TPSA) is 76.5 Å². The molecule has 3 heterocycles. The minimum Gasteiger partial charge on any atom is -0.365 e. The third kappa shape index (κ3) is 2.69. The highest BCUT2D eigenvalue weighted by atomic mass is 19.1. The van der Waals surface area contributed by atoms with Crippen LogP contribution in [0.4, 0.5) is 14.6 Å². The van der Waals surface area contributed by atoms with Gasteiger partial charge in [0.25, 0.3) is 5.91 Å². The fraction of sp³-hybridized carbons (Fsp3) is 0.235. The summed E-state index contributed by atoms with van der Waals surface area (Å²) in [4.78, 5) is 17.7. The van der Waals surface area contributed by atoms with E-state index >= 15 is 0 Å². The van der Waals surface area contributed by atoms with Crippen LogP contribution < -0.4 is 10.6 Å². The van der Waals surface area contributed by atoms with E-state index in [9.17, 15) is 13.6 Å². The van der Waals surface area contributed by atoms with Crippen LogP contribution in [0.15, 0.2) is 42.7 Å². The van der Waals surface area contributed by atoms with Gasteiger partial charge >= 0.3 is 0 Å². The number of carbonyl (C=O) groups excluding carboxylic acids is 1. The molecule has 2 atom stereocenters. The van der Waals surface area contributed by atoms with Crippen molar-refractivity contribution in [3.05, 3.63) is 59.7 Å². The molecule has 3 aromatic rings. The average molecular weight is 343 g/mol. The van der Waals surface area contributed by atoms with E-state index < -0.39 is 12.1 Å². The minimum absolute atomic E-state index is 0.143. The molecule has 0 aliphatic carbocycles. The van der Waals surface area contributed by atoms with Crippen molar-refractivity contribution in [3.8, 4) is 0 Å². The molecule has 128 valence electrons. The Bertz CT molecular complexity index is 957. The predicted octanol–water partition coefficient (Wildman–Crippen LogP) is 2.26. The molecule has 1 amide bonds. The first-order chi connectivity index (χ1) is 12.0. The zero-order chi connectivity index (χ0) is 17.6. The Morgan fingerprint density at radius 1 is 1.32 bits per heavy atom. The Hall–Kier alpha value is -3.03. The highest BCUT2D eigenvalue weighted by Crippen LogP contribution is 2.37. The Labute approximate surface area is 141 Å². The van der Waals surface area contributed by atoms with Crippen LogP contribution in [0.1, 0.15) is 28.4 Å². The molecule has 0 saturated carbocycles. The van der Waals surface area contributed by atoms with Crippen molar-refractivity contribution >= 4 is 17.4 Å². The molecular weight excluding hydrogens is 328 g/mol. The van der Waals surface area contributed by atoms with Crippen LogP contribution in [0.5, 0.6) is 0 Å². The minimum atomic E-state index is -1.05. The summed E-state index contributed by atoms with van der Waals surface area (Å²) in [5, 5.41) is 4.02. The Morgan fingerprint density at radius 2 is 2.16 bits per heavy atom. The van der Waals surface area contributed by atoms with Crippen molar-refractivity contribution in [1.82, 2.24) is 14.6 Å². The summed E-state index contributed by atoms with van der Waals surface area (Å²) < 4.78 is 29.1. The summed E-state index contributed by atoms with van der Waals surface area (Å²) in [6, 6.07) is 7.49. The number of alkyl halides is 1. The number of primary amides is 1. The molecule has 6 nitrogen and oxygen atoms in total. The number of nitrogens with zero attached hydrogens (tertiary/aromatic N) is 4. The second kappa shape index (κ2) is 5.80.